The highest BCUT2D eigenvalue weighted by molar-refractivity contribution is 6.02. The van der Waals surface area contributed by atoms with Gasteiger partial charge in [-0.1, -0.05) is 48.5 Å². The van der Waals surface area contributed by atoms with Crippen LogP contribution in [0, 0.1) is 26.1 Å². The van der Waals surface area contributed by atoms with E-state index in [4.69, 9.17) is 9.47 Å². The van der Waals surface area contributed by atoms with Gasteiger partial charge in [0.1, 0.15) is 5.92 Å². The first kappa shape index (κ1) is 19.5. The molecule has 32 heavy (non-hydrogen) atoms. The summed E-state index contributed by atoms with van der Waals surface area (Å²) in [4.78, 5) is 23.9. The van der Waals surface area contributed by atoms with E-state index < -0.39 is 51.8 Å². The molecule has 0 spiro atoms. The first-order valence-corrected chi connectivity index (χ1v) is 10.6. The highest BCUT2D eigenvalue weighted by atomic mass is 16.7. The summed E-state index contributed by atoms with van der Waals surface area (Å²) in [5, 5.41) is 39.6. The van der Waals surface area contributed by atoms with Gasteiger partial charge in [0.25, 0.3) is 6.04 Å². The third-order valence-electron chi connectivity index (χ3n) is 7.43. The van der Waals surface area contributed by atoms with E-state index in [1.54, 1.807) is 0 Å². The number of hydrogen-bond acceptors (Lipinski definition) is 7. The van der Waals surface area contributed by atoms with E-state index in [1.807, 2.05) is 54.6 Å². The highest BCUT2D eigenvalue weighted by Gasteiger charge is 2.73. The molecule has 1 aliphatic carbocycles. The maximum atomic E-state index is 12.5. The normalized spacial score (nSPS) is 35.8. The summed E-state index contributed by atoms with van der Waals surface area (Å²) in [7, 11) is 0. The molecule has 6 rings (SSSR count). The van der Waals surface area contributed by atoms with Crippen molar-refractivity contribution in [1.82, 2.24) is 0 Å². The summed E-state index contributed by atoms with van der Waals surface area (Å²) in [6.45, 7) is 0.0788. The minimum absolute atomic E-state index is 0.0788. The zero-order chi connectivity index (χ0) is 22.2. The Morgan fingerprint density at radius 1 is 0.969 bits per heavy atom. The molecule has 2 heterocycles. The van der Waals surface area contributed by atoms with Gasteiger partial charge in [0, 0.05) is 9.85 Å². The minimum atomic E-state index is -1.96. The highest BCUT2D eigenvalue weighted by Crippen LogP contribution is 2.55. The quantitative estimate of drug-likeness (QED) is 0.380. The number of benzene rings is 3. The Bertz CT molecular complexity index is 1230. The second kappa shape index (κ2) is 6.68. The fourth-order valence-corrected chi connectivity index (χ4v) is 6.21. The van der Waals surface area contributed by atoms with Crippen molar-refractivity contribution in [2.45, 2.75) is 42.4 Å². The summed E-state index contributed by atoms with van der Waals surface area (Å²) in [5.41, 5.74) is -1.43. The summed E-state index contributed by atoms with van der Waals surface area (Å²) >= 11 is 0. The Labute approximate surface area is 181 Å². The van der Waals surface area contributed by atoms with Crippen LogP contribution in [0.2, 0.25) is 0 Å². The smallest absolute Gasteiger partial charge is 0.259 e. The molecule has 3 fully saturated rings. The molecule has 1 saturated carbocycles. The Morgan fingerprint density at radius 2 is 1.59 bits per heavy atom. The van der Waals surface area contributed by atoms with Gasteiger partial charge in [-0.2, -0.15) is 0 Å². The molecule has 9 nitrogen and oxygen atoms in total. The van der Waals surface area contributed by atoms with E-state index in [9.17, 15) is 25.3 Å². The largest absolute Gasteiger partial charge is 0.378 e. The molecule has 3 aromatic carbocycles. The van der Waals surface area contributed by atoms with Gasteiger partial charge in [0.05, 0.1) is 18.6 Å². The molecule has 0 unspecified atom stereocenters. The number of rotatable bonds is 3. The van der Waals surface area contributed by atoms with Crippen LogP contribution in [0.4, 0.5) is 0 Å². The molecule has 0 aromatic heterocycles. The monoisotopic (exact) mass is 436 g/mol. The molecular formula is C23H20N2O7. The van der Waals surface area contributed by atoms with Gasteiger partial charge in [-0.05, 0) is 39.6 Å². The predicted molar refractivity (Wildman–Crippen MR) is 113 cm³/mol. The van der Waals surface area contributed by atoms with Gasteiger partial charge < -0.3 is 14.6 Å². The van der Waals surface area contributed by atoms with Crippen molar-refractivity contribution in [3.8, 4) is 0 Å². The van der Waals surface area contributed by atoms with Crippen LogP contribution in [0.1, 0.15) is 17.9 Å². The molecular weight excluding hydrogens is 416 g/mol. The lowest BCUT2D eigenvalue weighted by Crippen LogP contribution is -2.69. The molecule has 3 aliphatic rings. The van der Waals surface area contributed by atoms with Crippen LogP contribution < -0.4 is 0 Å². The van der Waals surface area contributed by atoms with Gasteiger partial charge in [0.2, 0.25) is 6.04 Å². The number of fused-ring (bicyclic) bond motifs is 8. The van der Waals surface area contributed by atoms with Crippen molar-refractivity contribution < 1.29 is 24.4 Å². The lowest BCUT2D eigenvalue weighted by atomic mass is 9.60. The first-order valence-electron chi connectivity index (χ1n) is 10.6. The molecule has 2 aliphatic heterocycles. The summed E-state index contributed by atoms with van der Waals surface area (Å²) < 4.78 is 11.3. The first-order chi connectivity index (χ1) is 15.4. The second-order valence-electron chi connectivity index (χ2n) is 8.96. The molecule has 0 radical (unpaired) electrons. The molecule has 2 saturated heterocycles. The van der Waals surface area contributed by atoms with E-state index in [-0.39, 0.29) is 13.0 Å². The Balaban J connectivity index is 1.71. The van der Waals surface area contributed by atoms with Crippen molar-refractivity contribution in [2.75, 3.05) is 6.61 Å². The average molecular weight is 436 g/mol. The Hall–Kier alpha value is -3.14. The standard InChI is InChI=1S/C23H20N2O7/c26-23-10-16(17-11-31-22(23)32-17)20(24(27)28)19(21(23)25(29)30)18-14-7-3-1-5-12(14)9-13-6-2-4-8-15(13)18/h1-9,16-17,19-22,26H,10-11H2/t16-,17+,19-,20+,21+,22-,23-/m0/s1. The number of aliphatic hydroxyl groups is 1. The van der Waals surface area contributed by atoms with Crippen LogP contribution >= 0.6 is 0 Å². The molecule has 7 atom stereocenters. The second-order valence-corrected chi connectivity index (χ2v) is 8.96. The topological polar surface area (TPSA) is 125 Å². The van der Waals surface area contributed by atoms with E-state index in [1.165, 1.54) is 0 Å². The zero-order valence-corrected chi connectivity index (χ0v) is 16.9. The van der Waals surface area contributed by atoms with Crippen molar-refractivity contribution >= 4 is 21.5 Å². The minimum Gasteiger partial charge on any atom is -0.378 e. The summed E-state index contributed by atoms with van der Waals surface area (Å²) in [6.07, 6.45) is -1.85. The molecule has 9 heteroatoms. The van der Waals surface area contributed by atoms with Gasteiger partial charge in [0.15, 0.2) is 11.9 Å². The molecule has 164 valence electrons. The Morgan fingerprint density at radius 3 is 2.19 bits per heavy atom. The van der Waals surface area contributed by atoms with Crippen molar-refractivity contribution in [1.29, 1.82) is 0 Å². The van der Waals surface area contributed by atoms with Crippen molar-refractivity contribution in [3.05, 3.63) is 80.4 Å². The van der Waals surface area contributed by atoms with Gasteiger partial charge in [-0.25, -0.2) is 0 Å². The van der Waals surface area contributed by atoms with Crippen LogP contribution in [0.3, 0.4) is 0 Å². The summed E-state index contributed by atoms with van der Waals surface area (Å²) in [6, 6.07) is 13.8. The van der Waals surface area contributed by atoms with Crippen LogP contribution in [0.15, 0.2) is 54.6 Å². The van der Waals surface area contributed by atoms with Gasteiger partial charge in [-0.15, -0.1) is 0 Å². The lowest BCUT2D eigenvalue weighted by molar-refractivity contribution is -0.607. The van der Waals surface area contributed by atoms with E-state index in [2.05, 4.69) is 0 Å². The van der Waals surface area contributed by atoms with Crippen molar-refractivity contribution in [2.24, 2.45) is 5.92 Å². The van der Waals surface area contributed by atoms with Gasteiger partial charge >= 0.3 is 0 Å². The maximum absolute atomic E-state index is 12.5. The molecule has 0 amide bonds. The van der Waals surface area contributed by atoms with Crippen LogP contribution in [0.5, 0.6) is 0 Å². The van der Waals surface area contributed by atoms with E-state index >= 15 is 0 Å². The number of nitrogens with zero attached hydrogens (tertiary/aromatic N) is 2. The van der Waals surface area contributed by atoms with E-state index in [0.29, 0.717) is 16.3 Å². The van der Waals surface area contributed by atoms with E-state index in [0.717, 1.165) is 10.8 Å². The fraction of sp³-hybridized carbons (Fsp3) is 0.391. The zero-order valence-electron chi connectivity index (χ0n) is 16.9. The van der Waals surface area contributed by atoms with Crippen LogP contribution in [-0.2, 0) is 9.47 Å². The van der Waals surface area contributed by atoms with Crippen molar-refractivity contribution in [3.63, 3.8) is 0 Å². The maximum Gasteiger partial charge on any atom is 0.259 e. The fourth-order valence-electron chi connectivity index (χ4n) is 6.21. The summed E-state index contributed by atoms with van der Waals surface area (Å²) in [5.74, 6) is -1.86. The van der Waals surface area contributed by atoms with Crippen LogP contribution in [0.25, 0.3) is 21.5 Å². The predicted octanol–water partition coefficient (Wildman–Crippen LogP) is 2.87. The number of ether oxygens (including phenoxy) is 2. The third-order valence-corrected chi connectivity index (χ3v) is 7.43. The SMILES string of the molecule is O=[N+]([O-])[C@@H]1[C@H]2C[C@@](O)([C@H]3OC[C@H]2O3)[C@H]([N+](=O)[O-])[C@H]1c1c2ccccc2cc2ccccc12. The third kappa shape index (κ3) is 2.49. The lowest BCUT2D eigenvalue weighted by Gasteiger charge is -2.49. The Kier molecular flexibility index (Phi) is 4.08. The average Bonchev–Trinajstić information content (AvgIpc) is 3.23. The number of nitro groups is 2. The molecule has 3 aromatic rings. The van der Waals surface area contributed by atoms with Crippen LogP contribution in [-0.4, -0.2) is 51.6 Å². The number of hydrogen-bond donors (Lipinski definition) is 1. The molecule has 1 N–H and O–H groups in total. The molecule has 4 bridgehead atoms. The van der Waals surface area contributed by atoms with Gasteiger partial charge in [-0.3, -0.25) is 20.2 Å².